The molecular formula is C17H26O5. The minimum atomic E-state index is -0.270. The third-order valence-corrected chi connectivity index (χ3v) is 5.47. The lowest BCUT2D eigenvalue weighted by Gasteiger charge is -2.42. The van der Waals surface area contributed by atoms with Crippen molar-refractivity contribution in [3.8, 4) is 0 Å². The van der Waals surface area contributed by atoms with Crippen molar-refractivity contribution in [2.45, 2.75) is 69.5 Å². The first kappa shape index (κ1) is 16.0. The van der Waals surface area contributed by atoms with Gasteiger partial charge in [-0.2, -0.15) is 0 Å². The van der Waals surface area contributed by atoms with E-state index >= 15 is 0 Å². The quantitative estimate of drug-likeness (QED) is 0.428. The third kappa shape index (κ3) is 2.59. The fourth-order valence-electron chi connectivity index (χ4n) is 4.16. The molecule has 3 rings (SSSR count). The molecule has 5 nitrogen and oxygen atoms in total. The number of methoxy groups -OCH3 is 1. The van der Waals surface area contributed by atoms with E-state index < -0.39 is 0 Å². The second-order valence-corrected chi connectivity index (χ2v) is 7.15. The summed E-state index contributed by atoms with van der Waals surface area (Å²) < 4.78 is 22.9. The predicted molar refractivity (Wildman–Crippen MR) is 80.5 cm³/mol. The topological polar surface area (TPSA) is 60.6 Å². The predicted octanol–water partition coefficient (Wildman–Crippen LogP) is 2.24. The van der Waals surface area contributed by atoms with Crippen molar-refractivity contribution in [1.82, 2.24) is 0 Å². The van der Waals surface area contributed by atoms with Gasteiger partial charge in [0.25, 0.3) is 6.47 Å². The van der Waals surface area contributed by atoms with Crippen LogP contribution in [0.4, 0.5) is 0 Å². The lowest BCUT2D eigenvalue weighted by Crippen LogP contribution is -2.55. The molecule has 124 valence electrons. The number of carbonyl (C=O) groups excluding carboxylic acids is 1. The number of carbonyl (C=O) groups is 1. The van der Waals surface area contributed by atoms with Gasteiger partial charge in [0.2, 0.25) is 0 Å². The molecule has 1 spiro atoms. The van der Waals surface area contributed by atoms with Crippen LogP contribution in [0.3, 0.4) is 0 Å². The minimum absolute atomic E-state index is 0.0965. The monoisotopic (exact) mass is 310 g/mol. The molecule has 0 N–H and O–H groups in total. The molecule has 0 bridgehead atoms. The number of rotatable bonds is 6. The maximum absolute atomic E-state index is 10.8. The van der Waals surface area contributed by atoms with E-state index in [9.17, 15) is 4.79 Å². The Labute approximate surface area is 131 Å². The van der Waals surface area contributed by atoms with Gasteiger partial charge >= 0.3 is 0 Å². The van der Waals surface area contributed by atoms with E-state index in [0.717, 1.165) is 25.9 Å². The Morgan fingerprint density at radius 1 is 1.41 bits per heavy atom. The first-order chi connectivity index (χ1) is 10.5. The van der Waals surface area contributed by atoms with Crippen LogP contribution in [0.25, 0.3) is 0 Å². The van der Waals surface area contributed by atoms with E-state index in [1.165, 1.54) is 5.57 Å². The van der Waals surface area contributed by atoms with Crippen LogP contribution in [0.2, 0.25) is 0 Å². The van der Waals surface area contributed by atoms with E-state index in [1.807, 2.05) is 0 Å². The van der Waals surface area contributed by atoms with Crippen molar-refractivity contribution in [1.29, 1.82) is 0 Å². The van der Waals surface area contributed by atoms with Gasteiger partial charge in [-0.1, -0.05) is 11.6 Å². The SMILES string of the molecule is COC1C(OC=O)CC[C@]2(CO2)C1C1(C)O[C@@H]1CC=C(C)C. The van der Waals surface area contributed by atoms with Crippen LogP contribution in [0, 0.1) is 5.92 Å². The summed E-state index contributed by atoms with van der Waals surface area (Å²) >= 11 is 0. The molecule has 0 radical (unpaired) electrons. The summed E-state index contributed by atoms with van der Waals surface area (Å²) in [6.45, 7) is 7.60. The van der Waals surface area contributed by atoms with Gasteiger partial charge in [-0.05, 0) is 40.0 Å². The maximum Gasteiger partial charge on any atom is 0.293 e. The molecule has 2 heterocycles. The van der Waals surface area contributed by atoms with Gasteiger partial charge in [-0.15, -0.1) is 0 Å². The molecule has 0 aromatic heterocycles. The number of hydrogen-bond acceptors (Lipinski definition) is 5. The molecule has 0 aromatic rings. The lowest BCUT2D eigenvalue weighted by atomic mass is 9.68. The molecular weight excluding hydrogens is 284 g/mol. The van der Waals surface area contributed by atoms with Crippen LogP contribution in [-0.2, 0) is 23.7 Å². The van der Waals surface area contributed by atoms with Crippen molar-refractivity contribution in [3.05, 3.63) is 11.6 Å². The number of hydrogen-bond donors (Lipinski definition) is 0. The maximum atomic E-state index is 10.8. The fourth-order valence-corrected chi connectivity index (χ4v) is 4.16. The van der Waals surface area contributed by atoms with Crippen LogP contribution < -0.4 is 0 Å². The van der Waals surface area contributed by atoms with Crippen LogP contribution >= 0.6 is 0 Å². The van der Waals surface area contributed by atoms with Crippen LogP contribution in [0.15, 0.2) is 11.6 Å². The van der Waals surface area contributed by atoms with Crippen molar-refractivity contribution in [2.24, 2.45) is 5.92 Å². The summed E-state index contributed by atoms with van der Waals surface area (Å²) in [7, 11) is 1.68. The molecule has 5 heteroatoms. The third-order valence-electron chi connectivity index (χ3n) is 5.47. The number of ether oxygens (including phenoxy) is 4. The van der Waals surface area contributed by atoms with Gasteiger partial charge in [-0.3, -0.25) is 4.79 Å². The summed E-state index contributed by atoms with van der Waals surface area (Å²) in [5.74, 6) is 0.0965. The highest BCUT2D eigenvalue weighted by atomic mass is 16.6. The van der Waals surface area contributed by atoms with Gasteiger partial charge in [0.1, 0.15) is 23.4 Å². The molecule has 2 saturated heterocycles. The minimum Gasteiger partial charge on any atom is -0.462 e. The second kappa shape index (κ2) is 5.62. The average molecular weight is 310 g/mol. The molecule has 0 aromatic carbocycles. The van der Waals surface area contributed by atoms with Crippen LogP contribution in [-0.4, -0.2) is 49.7 Å². The smallest absolute Gasteiger partial charge is 0.293 e. The van der Waals surface area contributed by atoms with E-state index in [-0.39, 0.29) is 35.4 Å². The van der Waals surface area contributed by atoms with Gasteiger partial charge in [0, 0.05) is 7.11 Å². The highest BCUT2D eigenvalue weighted by Gasteiger charge is 2.72. The summed E-state index contributed by atoms with van der Waals surface area (Å²) in [6.07, 6.45) is 4.57. The Morgan fingerprint density at radius 3 is 2.68 bits per heavy atom. The highest BCUT2D eigenvalue weighted by molar-refractivity contribution is 5.38. The molecule has 6 atom stereocenters. The van der Waals surface area contributed by atoms with Crippen molar-refractivity contribution in [2.75, 3.05) is 13.7 Å². The fraction of sp³-hybridized carbons (Fsp3) is 0.824. The van der Waals surface area contributed by atoms with Gasteiger partial charge < -0.3 is 18.9 Å². The zero-order chi connectivity index (χ0) is 16.0. The van der Waals surface area contributed by atoms with Gasteiger partial charge in [0.15, 0.2) is 0 Å². The second-order valence-electron chi connectivity index (χ2n) is 7.15. The van der Waals surface area contributed by atoms with Crippen molar-refractivity contribution in [3.63, 3.8) is 0 Å². The van der Waals surface area contributed by atoms with E-state index in [4.69, 9.17) is 18.9 Å². The molecule has 3 aliphatic rings. The Bertz CT molecular complexity index is 466. The molecule has 4 unspecified atom stereocenters. The van der Waals surface area contributed by atoms with Crippen molar-refractivity contribution < 1.29 is 23.7 Å². The average Bonchev–Trinajstić information content (AvgIpc) is 3.37. The summed E-state index contributed by atoms with van der Waals surface area (Å²) in [4.78, 5) is 10.8. The number of allylic oxidation sites excluding steroid dienone is 1. The van der Waals surface area contributed by atoms with Crippen molar-refractivity contribution >= 4 is 6.47 Å². The Hall–Kier alpha value is -0.910. The Balaban J connectivity index is 1.79. The van der Waals surface area contributed by atoms with Crippen LogP contribution in [0.1, 0.15) is 40.0 Å². The Morgan fingerprint density at radius 2 is 2.14 bits per heavy atom. The molecule has 1 saturated carbocycles. The highest BCUT2D eigenvalue weighted by Crippen LogP contribution is 2.59. The van der Waals surface area contributed by atoms with E-state index in [2.05, 4.69) is 26.8 Å². The summed E-state index contributed by atoms with van der Waals surface area (Å²) in [6, 6.07) is 0. The van der Waals surface area contributed by atoms with E-state index in [0.29, 0.717) is 6.47 Å². The zero-order valence-corrected chi connectivity index (χ0v) is 13.8. The number of epoxide rings is 2. The van der Waals surface area contributed by atoms with Crippen LogP contribution in [0.5, 0.6) is 0 Å². The van der Waals surface area contributed by atoms with Gasteiger partial charge in [0.05, 0.1) is 18.6 Å². The normalized spacial score (nSPS) is 46.2. The first-order valence-corrected chi connectivity index (χ1v) is 8.04. The lowest BCUT2D eigenvalue weighted by molar-refractivity contribution is -0.158. The van der Waals surface area contributed by atoms with E-state index in [1.54, 1.807) is 7.11 Å². The largest absolute Gasteiger partial charge is 0.462 e. The molecule has 0 amide bonds. The van der Waals surface area contributed by atoms with Gasteiger partial charge in [-0.25, -0.2) is 0 Å². The Kier molecular flexibility index (Phi) is 4.08. The molecule has 1 aliphatic carbocycles. The molecule has 2 aliphatic heterocycles. The first-order valence-electron chi connectivity index (χ1n) is 8.04. The molecule has 22 heavy (non-hydrogen) atoms. The summed E-state index contributed by atoms with van der Waals surface area (Å²) in [5, 5.41) is 0. The summed E-state index contributed by atoms with van der Waals surface area (Å²) in [5.41, 5.74) is 0.871. The zero-order valence-electron chi connectivity index (χ0n) is 13.8. The standard InChI is InChI=1S/C17H26O5/c1-11(2)5-6-13-16(3,22-13)15-14(19-4)12(20-10-18)7-8-17(15)9-21-17/h5,10,12-15H,6-9H2,1-4H3/t12?,13-,14?,15?,16?,17+/m1/s1. The molecule has 3 fully saturated rings.